The standard InChI is InChI=1S/C25H42O3Si/c1-12(2)29(13(3)4,14(5)6)28-23-18-9-15-17-10-16-19(22(27)21(15)26)20(16)25(17,18)11-24(23,7)8/h9,12-17,19-23,26-27H,10-11H2,1-8H3/t15-,16+,17-,19-,20+,21+,22+,23-,25-/m0/s1. The Hall–Kier alpha value is -0.163. The van der Waals surface area contributed by atoms with Crippen molar-refractivity contribution in [2.75, 3.05) is 0 Å². The molecule has 0 unspecified atom stereocenters. The van der Waals surface area contributed by atoms with Gasteiger partial charge in [0.25, 0.3) is 0 Å². The summed E-state index contributed by atoms with van der Waals surface area (Å²) < 4.78 is 7.48. The molecule has 6 aliphatic rings. The molecule has 0 amide bonds. The third-order valence-corrected chi connectivity index (χ3v) is 16.4. The normalized spacial score (nSPS) is 49.1. The summed E-state index contributed by atoms with van der Waals surface area (Å²) in [6.45, 7) is 19.1. The van der Waals surface area contributed by atoms with Gasteiger partial charge in [0.05, 0.1) is 18.3 Å². The maximum Gasteiger partial charge on any atom is 0.201 e. The second-order valence-electron chi connectivity index (χ2n) is 12.8. The highest BCUT2D eigenvalue weighted by Crippen LogP contribution is 2.83. The minimum atomic E-state index is -2.00. The maximum atomic E-state index is 11.0. The van der Waals surface area contributed by atoms with Crippen molar-refractivity contribution in [2.24, 2.45) is 40.4 Å². The minimum absolute atomic E-state index is 0.119. The minimum Gasteiger partial charge on any atom is -0.409 e. The van der Waals surface area contributed by atoms with E-state index in [1.165, 1.54) is 18.4 Å². The van der Waals surface area contributed by atoms with Crippen molar-refractivity contribution in [3.8, 4) is 0 Å². The van der Waals surface area contributed by atoms with Crippen LogP contribution in [0.3, 0.4) is 0 Å². The van der Waals surface area contributed by atoms with Crippen LogP contribution in [0.2, 0.25) is 16.6 Å². The summed E-state index contributed by atoms with van der Waals surface area (Å²) in [7, 11) is -2.00. The van der Waals surface area contributed by atoms with E-state index in [1.807, 2.05) is 0 Å². The fourth-order valence-corrected chi connectivity index (χ4v) is 15.3. The topological polar surface area (TPSA) is 49.7 Å². The van der Waals surface area contributed by atoms with Crippen LogP contribution in [0.4, 0.5) is 0 Å². The van der Waals surface area contributed by atoms with Crippen molar-refractivity contribution in [3.05, 3.63) is 11.6 Å². The number of aliphatic hydroxyl groups excluding tert-OH is 2. The fourth-order valence-electron chi connectivity index (χ4n) is 9.61. The molecule has 9 atom stereocenters. The summed E-state index contributed by atoms with van der Waals surface area (Å²) in [6.07, 6.45) is 3.87. The predicted molar refractivity (Wildman–Crippen MR) is 119 cm³/mol. The van der Waals surface area contributed by atoms with Crippen molar-refractivity contribution in [1.82, 2.24) is 0 Å². The van der Waals surface area contributed by atoms with E-state index < -0.39 is 20.5 Å². The van der Waals surface area contributed by atoms with Gasteiger partial charge in [0, 0.05) is 11.3 Å². The fraction of sp³-hybridized carbons (Fsp3) is 0.920. The lowest BCUT2D eigenvalue weighted by Crippen LogP contribution is -2.52. The lowest BCUT2D eigenvalue weighted by atomic mass is 9.69. The first-order valence-electron chi connectivity index (χ1n) is 12.2. The van der Waals surface area contributed by atoms with E-state index in [0.717, 1.165) is 0 Å². The van der Waals surface area contributed by atoms with Gasteiger partial charge >= 0.3 is 0 Å². The Labute approximate surface area is 178 Å². The van der Waals surface area contributed by atoms with Gasteiger partial charge in [0.15, 0.2) is 0 Å². The quantitative estimate of drug-likeness (QED) is 0.480. The Morgan fingerprint density at radius 3 is 2.14 bits per heavy atom. The molecule has 0 saturated heterocycles. The Morgan fingerprint density at radius 2 is 1.59 bits per heavy atom. The lowest BCUT2D eigenvalue weighted by Gasteiger charge is -2.47. The van der Waals surface area contributed by atoms with Crippen molar-refractivity contribution in [1.29, 1.82) is 0 Å². The Kier molecular flexibility index (Phi) is 4.28. The van der Waals surface area contributed by atoms with Gasteiger partial charge in [-0.15, -0.1) is 0 Å². The molecular weight excluding hydrogens is 376 g/mol. The van der Waals surface area contributed by atoms with Gasteiger partial charge in [-0.2, -0.15) is 0 Å². The number of hydrogen-bond acceptors (Lipinski definition) is 3. The van der Waals surface area contributed by atoms with E-state index in [1.54, 1.807) is 0 Å². The number of hydrogen-bond donors (Lipinski definition) is 2. The third kappa shape index (κ3) is 2.25. The first-order valence-corrected chi connectivity index (χ1v) is 14.3. The van der Waals surface area contributed by atoms with E-state index in [-0.39, 0.29) is 22.9 Å². The molecule has 0 aromatic rings. The van der Waals surface area contributed by atoms with Crippen molar-refractivity contribution in [3.63, 3.8) is 0 Å². The van der Waals surface area contributed by atoms with Crippen molar-refractivity contribution in [2.45, 2.75) is 103 Å². The third-order valence-electron chi connectivity index (χ3n) is 10.3. The summed E-state index contributed by atoms with van der Waals surface area (Å²) >= 11 is 0. The van der Waals surface area contributed by atoms with E-state index in [2.05, 4.69) is 61.5 Å². The first-order chi connectivity index (χ1) is 13.4. The van der Waals surface area contributed by atoms with E-state index in [0.29, 0.717) is 40.3 Å². The summed E-state index contributed by atoms with van der Waals surface area (Å²) in [5.74, 6) is 2.20. The molecule has 5 saturated carbocycles. The van der Waals surface area contributed by atoms with Crippen LogP contribution < -0.4 is 0 Å². The van der Waals surface area contributed by atoms with Crippen LogP contribution in [0.1, 0.15) is 68.2 Å². The molecule has 1 spiro atoms. The average Bonchev–Trinajstić information content (AvgIpc) is 3.07. The van der Waals surface area contributed by atoms with Crippen molar-refractivity contribution < 1.29 is 14.6 Å². The molecule has 5 fully saturated rings. The Morgan fingerprint density at radius 1 is 1.00 bits per heavy atom. The zero-order valence-electron chi connectivity index (χ0n) is 19.6. The monoisotopic (exact) mass is 418 g/mol. The van der Waals surface area contributed by atoms with E-state index in [9.17, 15) is 10.2 Å². The molecule has 2 N–H and O–H groups in total. The number of aliphatic hydroxyl groups is 2. The molecule has 3 nitrogen and oxygen atoms in total. The number of fused-ring (bicyclic) bond motifs is 1. The first kappa shape index (κ1) is 20.7. The Balaban J connectivity index is 1.60. The van der Waals surface area contributed by atoms with Crippen molar-refractivity contribution >= 4 is 8.32 Å². The highest BCUT2D eigenvalue weighted by atomic mass is 28.4. The number of rotatable bonds is 5. The molecule has 29 heavy (non-hydrogen) atoms. The van der Waals surface area contributed by atoms with Crippen LogP contribution in [0, 0.1) is 40.4 Å². The van der Waals surface area contributed by atoms with Gasteiger partial charge in [-0.1, -0.05) is 61.5 Å². The van der Waals surface area contributed by atoms with E-state index in [4.69, 9.17) is 4.43 Å². The molecule has 6 aliphatic carbocycles. The molecule has 0 aromatic heterocycles. The molecular formula is C25H42O3Si. The summed E-state index contributed by atoms with van der Waals surface area (Å²) in [6, 6.07) is 0. The highest BCUT2D eigenvalue weighted by Gasteiger charge is 2.81. The van der Waals surface area contributed by atoms with Gasteiger partial charge < -0.3 is 14.6 Å². The summed E-state index contributed by atoms with van der Waals surface area (Å²) in [5.41, 5.74) is 3.58. The van der Waals surface area contributed by atoms with Gasteiger partial charge in [0.1, 0.15) is 0 Å². The second-order valence-corrected chi connectivity index (χ2v) is 18.2. The molecule has 4 heteroatoms. The molecule has 6 bridgehead atoms. The van der Waals surface area contributed by atoms with Crippen LogP contribution >= 0.6 is 0 Å². The predicted octanol–water partition coefficient (Wildman–Crippen LogP) is 5.14. The largest absolute Gasteiger partial charge is 0.409 e. The lowest BCUT2D eigenvalue weighted by molar-refractivity contribution is -0.0176. The molecule has 0 heterocycles. The summed E-state index contributed by atoms with van der Waals surface area (Å²) in [5, 5.41) is 21.8. The smallest absolute Gasteiger partial charge is 0.201 e. The summed E-state index contributed by atoms with van der Waals surface area (Å²) in [4.78, 5) is 0. The van der Waals surface area contributed by atoms with Crippen LogP contribution in [0.25, 0.3) is 0 Å². The SMILES string of the molecule is CC(C)[Si](O[C@H]1C2=C[C@@H]3[C@@H](O)[C@H](O)[C@H]4[C@H]5C[C@@H]3[C@]2(CC1(C)C)[C@H]54)(C(C)C)C(C)C. The van der Waals surface area contributed by atoms with Gasteiger partial charge in [-0.05, 0) is 64.1 Å². The van der Waals surface area contributed by atoms with E-state index >= 15 is 0 Å². The average molecular weight is 419 g/mol. The van der Waals surface area contributed by atoms with Gasteiger partial charge in [-0.25, -0.2) is 0 Å². The Bertz CT molecular complexity index is 719. The van der Waals surface area contributed by atoms with Crippen LogP contribution in [-0.2, 0) is 4.43 Å². The van der Waals surface area contributed by atoms with Crippen LogP contribution in [0.5, 0.6) is 0 Å². The van der Waals surface area contributed by atoms with Crippen LogP contribution in [0.15, 0.2) is 11.6 Å². The molecule has 6 rings (SSSR count). The van der Waals surface area contributed by atoms with Crippen LogP contribution in [-0.4, -0.2) is 36.8 Å². The van der Waals surface area contributed by atoms with Gasteiger partial charge in [-0.3, -0.25) is 0 Å². The zero-order chi connectivity index (χ0) is 21.3. The second kappa shape index (κ2) is 5.99. The van der Waals surface area contributed by atoms with Gasteiger partial charge in [0.2, 0.25) is 8.32 Å². The highest BCUT2D eigenvalue weighted by molar-refractivity contribution is 6.77. The molecule has 0 radical (unpaired) electrons. The maximum absolute atomic E-state index is 11.0. The zero-order valence-corrected chi connectivity index (χ0v) is 20.6. The molecule has 164 valence electrons. The molecule has 0 aliphatic heterocycles. The molecule has 0 aromatic carbocycles.